The summed E-state index contributed by atoms with van der Waals surface area (Å²) in [7, 11) is 0. The van der Waals surface area contributed by atoms with Crippen LogP contribution in [0.3, 0.4) is 0 Å². The molecule has 4 heteroatoms. The summed E-state index contributed by atoms with van der Waals surface area (Å²) in [5.41, 5.74) is 0.123. The second kappa shape index (κ2) is 4.69. The lowest BCUT2D eigenvalue weighted by Crippen LogP contribution is -2.46. The van der Waals surface area contributed by atoms with E-state index in [1.807, 2.05) is 12.1 Å². The third kappa shape index (κ3) is 2.63. The third-order valence-electron chi connectivity index (χ3n) is 3.06. The Morgan fingerprint density at radius 2 is 2.19 bits per heavy atom. The zero-order chi connectivity index (χ0) is 11.4. The molecule has 2 heterocycles. The van der Waals surface area contributed by atoms with E-state index in [1.165, 1.54) is 0 Å². The molecule has 1 aliphatic rings. The Hall–Kier alpha value is -1.31. The van der Waals surface area contributed by atoms with Crippen molar-refractivity contribution in [1.82, 2.24) is 5.32 Å². The van der Waals surface area contributed by atoms with Crippen LogP contribution in [-0.4, -0.2) is 18.8 Å². The van der Waals surface area contributed by atoms with Gasteiger partial charge in [0.25, 0.3) is 0 Å². The van der Waals surface area contributed by atoms with Gasteiger partial charge in [-0.1, -0.05) is 0 Å². The maximum Gasteiger partial charge on any atom is 0.203 e. The van der Waals surface area contributed by atoms with Crippen molar-refractivity contribution in [1.29, 1.82) is 5.26 Å². The Kier molecular flexibility index (Phi) is 3.28. The summed E-state index contributed by atoms with van der Waals surface area (Å²) in [5, 5.41) is 12.1. The summed E-state index contributed by atoms with van der Waals surface area (Å²) in [6.45, 7) is 4.48. The Morgan fingerprint density at radius 3 is 2.81 bits per heavy atom. The van der Waals surface area contributed by atoms with Crippen LogP contribution in [0, 0.1) is 11.3 Å². The Labute approximate surface area is 95.2 Å². The number of rotatable bonds is 3. The number of nitrogens with one attached hydrogen (secondary N) is 1. The maximum atomic E-state index is 8.64. The van der Waals surface area contributed by atoms with Gasteiger partial charge in [-0.2, -0.15) is 5.26 Å². The molecular formula is C12H16N2O2. The van der Waals surface area contributed by atoms with Gasteiger partial charge in [0.05, 0.1) is 6.54 Å². The topological polar surface area (TPSA) is 58.2 Å². The molecule has 0 spiro atoms. The van der Waals surface area contributed by atoms with E-state index in [1.54, 1.807) is 6.07 Å². The summed E-state index contributed by atoms with van der Waals surface area (Å²) in [6.07, 6.45) is 2.03. The van der Waals surface area contributed by atoms with Gasteiger partial charge in [0.1, 0.15) is 11.8 Å². The van der Waals surface area contributed by atoms with Crippen LogP contribution in [0.15, 0.2) is 16.5 Å². The van der Waals surface area contributed by atoms with Gasteiger partial charge in [0.2, 0.25) is 5.76 Å². The zero-order valence-electron chi connectivity index (χ0n) is 9.45. The monoisotopic (exact) mass is 220 g/mol. The second-order valence-electron chi connectivity index (χ2n) is 4.40. The lowest BCUT2D eigenvalue weighted by atomic mass is 9.92. The van der Waals surface area contributed by atoms with Crippen LogP contribution in [0.1, 0.15) is 31.3 Å². The molecule has 1 aliphatic heterocycles. The van der Waals surface area contributed by atoms with Crippen LogP contribution in [0.5, 0.6) is 0 Å². The van der Waals surface area contributed by atoms with Crippen LogP contribution in [0.25, 0.3) is 0 Å². The molecular weight excluding hydrogens is 204 g/mol. The maximum absolute atomic E-state index is 8.64. The van der Waals surface area contributed by atoms with Crippen LogP contribution in [-0.2, 0) is 11.3 Å². The molecule has 0 aromatic carbocycles. The van der Waals surface area contributed by atoms with Crippen molar-refractivity contribution in [2.75, 3.05) is 13.2 Å². The van der Waals surface area contributed by atoms with Crippen LogP contribution in [0.4, 0.5) is 0 Å². The van der Waals surface area contributed by atoms with Crippen molar-refractivity contribution >= 4 is 0 Å². The molecule has 86 valence electrons. The summed E-state index contributed by atoms with van der Waals surface area (Å²) >= 11 is 0. The van der Waals surface area contributed by atoms with Gasteiger partial charge in [0.15, 0.2) is 0 Å². The Balaban J connectivity index is 1.89. The molecule has 0 atom stereocenters. The average Bonchev–Trinajstić information content (AvgIpc) is 2.75. The Bertz CT molecular complexity index is 386. The highest BCUT2D eigenvalue weighted by Gasteiger charge is 2.26. The van der Waals surface area contributed by atoms with E-state index in [-0.39, 0.29) is 5.54 Å². The van der Waals surface area contributed by atoms with E-state index in [0.29, 0.717) is 12.3 Å². The molecule has 0 bridgehead atoms. The van der Waals surface area contributed by atoms with Crippen molar-refractivity contribution < 1.29 is 9.15 Å². The van der Waals surface area contributed by atoms with E-state index in [0.717, 1.165) is 31.8 Å². The number of furan rings is 1. The smallest absolute Gasteiger partial charge is 0.203 e. The molecule has 4 nitrogen and oxygen atoms in total. The van der Waals surface area contributed by atoms with Gasteiger partial charge in [-0.05, 0) is 31.9 Å². The van der Waals surface area contributed by atoms with Gasteiger partial charge >= 0.3 is 0 Å². The van der Waals surface area contributed by atoms with Crippen LogP contribution >= 0.6 is 0 Å². The molecule has 1 saturated heterocycles. The fraction of sp³-hybridized carbons (Fsp3) is 0.583. The lowest BCUT2D eigenvalue weighted by Gasteiger charge is -2.34. The van der Waals surface area contributed by atoms with Crippen LogP contribution < -0.4 is 5.32 Å². The summed E-state index contributed by atoms with van der Waals surface area (Å²) in [4.78, 5) is 0. The molecule has 1 fully saturated rings. The summed E-state index contributed by atoms with van der Waals surface area (Å²) in [6, 6.07) is 5.52. The minimum atomic E-state index is 0.123. The van der Waals surface area contributed by atoms with E-state index in [9.17, 15) is 0 Å². The molecule has 1 aromatic heterocycles. The molecule has 16 heavy (non-hydrogen) atoms. The average molecular weight is 220 g/mol. The predicted octanol–water partition coefficient (Wildman–Crippen LogP) is 1.81. The Morgan fingerprint density at radius 1 is 1.44 bits per heavy atom. The molecule has 0 unspecified atom stereocenters. The van der Waals surface area contributed by atoms with Crippen molar-refractivity contribution in [3.63, 3.8) is 0 Å². The SMILES string of the molecule is CC1(NCc2ccc(C#N)o2)CCOCC1. The normalized spacial score (nSPS) is 19.2. The highest BCUT2D eigenvalue weighted by Crippen LogP contribution is 2.20. The summed E-state index contributed by atoms with van der Waals surface area (Å²) in [5.74, 6) is 1.18. The van der Waals surface area contributed by atoms with Gasteiger partial charge in [-0.3, -0.25) is 0 Å². The highest BCUT2D eigenvalue weighted by atomic mass is 16.5. The minimum Gasteiger partial charge on any atom is -0.449 e. The van der Waals surface area contributed by atoms with Gasteiger partial charge in [-0.25, -0.2) is 0 Å². The molecule has 0 amide bonds. The largest absolute Gasteiger partial charge is 0.449 e. The molecule has 0 saturated carbocycles. The van der Waals surface area contributed by atoms with Crippen molar-refractivity contribution in [3.05, 3.63) is 23.7 Å². The van der Waals surface area contributed by atoms with Gasteiger partial charge in [-0.15, -0.1) is 0 Å². The third-order valence-corrected chi connectivity index (χ3v) is 3.06. The fourth-order valence-corrected chi connectivity index (χ4v) is 1.83. The van der Waals surface area contributed by atoms with Crippen molar-refractivity contribution in [2.45, 2.75) is 31.8 Å². The first kappa shape index (κ1) is 11.2. The second-order valence-corrected chi connectivity index (χ2v) is 4.40. The predicted molar refractivity (Wildman–Crippen MR) is 58.7 cm³/mol. The van der Waals surface area contributed by atoms with E-state index < -0.39 is 0 Å². The number of nitriles is 1. The first-order chi connectivity index (χ1) is 7.72. The lowest BCUT2D eigenvalue weighted by molar-refractivity contribution is 0.0439. The first-order valence-electron chi connectivity index (χ1n) is 5.53. The van der Waals surface area contributed by atoms with E-state index in [2.05, 4.69) is 12.2 Å². The molecule has 2 rings (SSSR count). The molecule has 1 aromatic rings. The van der Waals surface area contributed by atoms with E-state index in [4.69, 9.17) is 14.4 Å². The zero-order valence-corrected chi connectivity index (χ0v) is 9.45. The number of hydrogen-bond acceptors (Lipinski definition) is 4. The quantitative estimate of drug-likeness (QED) is 0.844. The van der Waals surface area contributed by atoms with Crippen molar-refractivity contribution in [2.24, 2.45) is 0 Å². The van der Waals surface area contributed by atoms with E-state index >= 15 is 0 Å². The first-order valence-corrected chi connectivity index (χ1v) is 5.53. The van der Waals surface area contributed by atoms with Crippen LogP contribution in [0.2, 0.25) is 0 Å². The summed E-state index contributed by atoms with van der Waals surface area (Å²) < 4.78 is 10.6. The van der Waals surface area contributed by atoms with Gasteiger partial charge < -0.3 is 14.5 Å². The van der Waals surface area contributed by atoms with Gasteiger partial charge in [0, 0.05) is 18.8 Å². The number of hydrogen-bond donors (Lipinski definition) is 1. The molecule has 0 radical (unpaired) electrons. The number of ether oxygens (including phenoxy) is 1. The van der Waals surface area contributed by atoms with Crippen molar-refractivity contribution in [3.8, 4) is 6.07 Å². The minimum absolute atomic E-state index is 0.123. The number of nitrogens with zero attached hydrogens (tertiary/aromatic N) is 1. The fourth-order valence-electron chi connectivity index (χ4n) is 1.83. The highest BCUT2D eigenvalue weighted by molar-refractivity contribution is 5.19. The standard InChI is InChI=1S/C12H16N2O2/c1-12(4-6-15-7-5-12)14-9-11-3-2-10(8-13)16-11/h2-3,14H,4-7,9H2,1H3. The molecule has 0 aliphatic carbocycles. The molecule has 1 N–H and O–H groups in total.